The van der Waals surface area contributed by atoms with Gasteiger partial charge in [-0.1, -0.05) is 0 Å². The van der Waals surface area contributed by atoms with Crippen molar-refractivity contribution in [1.82, 2.24) is 9.80 Å². The highest BCUT2D eigenvalue weighted by Gasteiger charge is 2.28. The van der Waals surface area contributed by atoms with Crippen molar-refractivity contribution in [2.45, 2.75) is 25.3 Å². The van der Waals surface area contributed by atoms with E-state index < -0.39 is 0 Å². The smallest absolute Gasteiger partial charge is 0.0131 e. The Kier molecular flexibility index (Phi) is 4.85. The van der Waals surface area contributed by atoms with Gasteiger partial charge in [0, 0.05) is 12.6 Å². The van der Waals surface area contributed by atoms with E-state index in [2.05, 4.69) is 30.9 Å². The molecule has 2 N–H and O–H groups in total. The molecule has 14 heavy (non-hydrogen) atoms. The molecule has 1 heterocycles. The first-order valence-corrected chi connectivity index (χ1v) is 5.70. The maximum absolute atomic E-state index is 5.57. The van der Waals surface area contributed by atoms with E-state index in [1.165, 1.54) is 25.9 Å². The summed E-state index contributed by atoms with van der Waals surface area (Å²) in [5.74, 6) is 0.849. The summed E-state index contributed by atoms with van der Waals surface area (Å²) >= 11 is 0. The first kappa shape index (κ1) is 12.0. The Hall–Kier alpha value is -0.120. The predicted molar refractivity (Wildman–Crippen MR) is 61.4 cm³/mol. The third kappa shape index (κ3) is 3.23. The molecule has 84 valence electrons. The van der Waals surface area contributed by atoms with Crippen LogP contribution in [0.25, 0.3) is 0 Å². The molecule has 1 rings (SSSR count). The largest absolute Gasteiger partial charge is 0.330 e. The minimum Gasteiger partial charge on any atom is -0.330 e. The monoisotopic (exact) mass is 199 g/mol. The highest BCUT2D eigenvalue weighted by Crippen LogP contribution is 2.23. The molecule has 3 heteroatoms. The SMILES string of the molecule is CN1CCC(C(CCCN)N(C)C)C1. The Morgan fingerprint density at radius 1 is 1.50 bits per heavy atom. The lowest BCUT2D eigenvalue weighted by atomic mass is 9.94. The van der Waals surface area contributed by atoms with Crippen molar-refractivity contribution in [3.63, 3.8) is 0 Å². The molecule has 1 aliphatic rings. The van der Waals surface area contributed by atoms with Crippen LogP contribution in [-0.2, 0) is 0 Å². The van der Waals surface area contributed by atoms with Gasteiger partial charge in [-0.15, -0.1) is 0 Å². The van der Waals surface area contributed by atoms with Gasteiger partial charge in [-0.2, -0.15) is 0 Å². The standard InChI is InChI=1S/C11H25N3/c1-13(2)11(5-4-7-12)10-6-8-14(3)9-10/h10-11H,4-9,12H2,1-3H3. The first-order chi connectivity index (χ1) is 6.65. The lowest BCUT2D eigenvalue weighted by Crippen LogP contribution is -2.37. The fraction of sp³-hybridized carbons (Fsp3) is 1.00. The van der Waals surface area contributed by atoms with Crippen LogP contribution in [0.5, 0.6) is 0 Å². The van der Waals surface area contributed by atoms with Gasteiger partial charge in [-0.05, 0) is 59.4 Å². The van der Waals surface area contributed by atoms with Crippen molar-refractivity contribution < 1.29 is 0 Å². The van der Waals surface area contributed by atoms with E-state index in [0.29, 0.717) is 0 Å². The average Bonchev–Trinajstić information content (AvgIpc) is 2.52. The molecule has 0 aromatic carbocycles. The zero-order chi connectivity index (χ0) is 10.6. The molecule has 0 amide bonds. The van der Waals surface area contributed by atoms with Crippen molar-refractivity contribution in [2.75, 3.05) is 40.8 Å². The zero-order valence-electron chi connectivity index (χ0n) is 9.87. The summed E-state index contributed by atoms with van der Waals surface area (Å²) in [5.41, 5.74) is 5.57. The Labute approximate surface area is 88.2 Å². The van der Waals surface area contributed by atoms with Crippen LogP contribution in [0.2, 0.25) is 0 Å². The molecule has 0 bridgehead atoms. The third-order valence-corrected chi connectivity index (χ3v) is 3.34. The van der Waals surface area contributed by atoms with Gasteiger partial charge in [0.15, 0.2) is 0 Å². The van der Waals surface area contributed by atoms with E-state index in [1.54, 1.807) is 0 Å². The fourth-order valence-electron chi connectivity index (χ4n) is 2.53. The molecule has 1 saturated heterocycles. The number of nitrogens with two attached hydrogens (primary N) is 1. The van der Waals surface area contributed by atoms with Crippen LogP contribution in [-0.4, -0.2) is 56.6 Å². The lowest BCUT2D eigenvalue weighted by molar-refractivity contribution is 0.196. The fourth-order valence-corrected chi connectivity index (χ4v) is 2.53. The molecule has 0 aromatic heterocycles. The maximum Gasteiger partial charge on any atom is 0.0131 e. The van der Waals surface area contributed by atoms with Gasteiger partial charge in [0.2, 0.25) is 0 Å². The van der Waals surface area contributed by atoms with E-state index in [1.807, 2.05) is 0 Å². The van der Waals surface area contributed by atoms with Crippen molar-refractivity contribution in [2.24, 2.45) is 11.7 Å². The summed E-state index contributed by atoms with van der Waals surface area (Å²) in [6.45, 7) is 3.35. The van der Waals surface area contributed by atoms with Gasteiger partial charge in [-0.3, -0.25) is 0 Å². The second kappa shape index (κ2) is 5.69. The minimum atomic E-state index is 0.725. The molecule has 0 spiro atoms. The van der Waals surface area contributed by atoms with E-state index >= 15 is 0 Å². The summed E-state index contributed by atoms with van der Waals surface area (Å²) in [6.07, 6.45) is 3.76. The van der Waals surface area contributed by atoms with Crippen LogP contribution < -0.4 is 5.73 Å². The van der Waals surface area contributed by atoms with Crippen molar-refractivity contribution in [3.05, 3.63) is 0 Å². The summed E-state index contributed by atoms with van der Waals surface area (Å²) in [4.78, 5) is 4.81. The van der Waals surface area contributed by atoms with Crippen LogP contribution in [0.1, 0.15) is 19.3 Å². The molecular formula is C11H25N3. The number of rotatable bonds is 5. The van der Waals surface area contributed by atoms with Gasteiger partial charge in [0.1, 0.15) is 0 Å². The number of hydrogen-bond acceptors (Lipinski definition) is 3. The minimum absolute atomic E-state index is 0.725. The van der Waals surface area contributed by atoms with Crippen LogP contribution in [0.15, 0.2) is 0 Å². The average molecular weight is 199 g/mol. The molecule has 2 unspecified atom stereocenters. The van der Waals surface area contributed by atoms with Crippen LogP contribution >= 0.6 is 0 Å². The zero-order valence-corrected chi connectivity index (χ0v) is 9.87. The Morgan fingerprint density at radius 3 is 2.64 bits per heavy atom. The van der Waals surface area contributed by atoms with Gasteiger partial charge in [-0.25, -0.2) is 0 Å². The third-order valence-electron chi connectivity index (χ3n) is 3.34. The van der Waals surface area contributed by atoms with Crippen LogP contribution in [0, 0.1) is 5.92 Å². The summed E-state index contributed by atoms with van der Waals surface area (Å²) in [5, 5.41) is 0. The second-order valence-corrected chi connectivity index (χ2v) is 4.77. The van der Waals surface area contributed by atoms with E-state index in [9.17, 15) is 0 Å². The second-order valence-electron chi connectivity index (χ2n) is 4.77. The van der Waals surface area contributed by atoms with Crippen LogP contribution in [0.3, 0.4) is 0 Å². The topological polar surface area (TPSA) is 32.5 Å². The molecule has 1 fully saturated rings. The Balaban J connectivity index is 2.41. The van der Waals surface area contributed by atoms with Gasteiger partial charge >= 0.3 is 0 Å². The van der Waals surface area contributed by atoms with Crippen molar-refractivity contribution in [3.8, 4) is 0 Å². The van der Waals surface area contributed by atoms with E-state index in [4.69, 9.17) is 5.73 Å². The molecule has 2 atom stereocenters. The summed E-state index contributed by atoms with van der Waals surface area (Å²) < 4.78 is 0. The van der Waals surface area contributed by atoms with E-state index in [-0.39, 0.29) is 0 Å². The molecular weight excluding hydrogens is 174 g/mol. The highest BCUT2D eigenvalue weighted by molar-refractivity contribution is 4.83. The van der Waals surface area contributed by atoms with Crippen molar-refractivity contribution in [1.29, 1.82) is 0 Å². The Bertz CT molecular complexity index is 159. The molecule has 0 radical (unpaired) electrons. The van der Waals surface area contributed by atoms with Gasteiger partial charge in [0.25, 0.3) is 0 Å². The Morgan fingerprint density at radius 2 is 2.21 bits per heavy atom. The number of nitrogens with zero attached hydrogens (tertiary/aromatic N) is 2. The predicted octanol–water partition coefficient (Wildman–Crippen LogP) is 0.607. The molecule has 0 aromatic rings. The molecule has 0 aliphatic carbocycles. The summed E-state index contributed by atoms with van der Waals surface area (Å²) in [6, 6.07) is 0.725. The number of likely N-dealkylation sites (tertiary alicyclic amines) is 1. The lowest BCUT2D eigenvalue weighted by Gasteiger charge is -2.29. The summed E-state index contributed by atoms with van der Waals surface area (Å²) in [7, 11) is 6.61. The molecule has 0 saturated carbocycles. The molecule has 3 nitrogen and oxygen atoms in total. The van der Waals surface area contributed by atoms with E-state index in [0.717, 1.165) is 24.9 Å². The first-order valence-electron chi connectivity index (χ1n) is 5.70. The van der Waals surface area contributed by atoms with Gasteiger partial charge in [0.05, 0.1) is 0 Å². The highest BCUT2D eigenvalue weighted by atomic mass is 15.2. The maximum atomic E-state index is 5.57. The van der Waals surface area contributed by atoms with Crippen molar-refractivity contribution >= 4 is 0 Å². The van der Waals surface area contributed by atoms with Crippen LogP contribution in [0.4, 0.5) is 0 Å². The molecule has 1 aliphatic heterocycles. The normalized spacial score (nSPS) is 25.9. The number of hydrogen-bond donors (Lipinski definition) is 1. The van der Waals surface area contributed by atoms with Gasteiger partial charge < -0.3 is 15.5 Å². The quantitative estimate of drug-likeness (QED) is 0.704.